The number of rotatable bonds is 4. The standard InChI is InChI=1S/C16H15BrN2O/c1-11-6-14(17)8-15(7-11)19-10-16(20)13-4-2-12(9-18)3-5-13/h2-8,16,19-20H,10H2,1H3. The number of aliphatic hydroxyl groups excluding tert-OH is 1. The third-order valence-corrected chi connectivity index (χ3v) is 3.42. The van der Waals surface area contributed by atoms with Gasteiger partial charge in [-0.05, 0) is 48.4 Å². The molecule has 0 spiro atoms. The zero-order valence-electron chi connectivity index (χ0n) is 11.1. The lowest BCUT2D eigenvalue weighted by atomic mass is 10.1. The molecule has 1 unspecified atom stereocenters. The van der Waals surface area contributed by atoms with E-state index in [1.165, 1.54) is 0 Å². The lowest BCUT2D eigenvalue weighted by Crippen LogP contribution is -2.12. The molecule has 102 valence electrons. The van der Waals surface area contributed by atoms with Crippen LogP contribution in [0.3, 0.4) is 0 Å². The van der Waals surface area contributed by atoms with Crippen molar-refractivity contribution in [2.75, 3.05) is 11.9 Å². The lowest BCUT2D eigenvalue weighted by Gasteiger charge is -2.14. The van der Waals surface area contributed by atoms with Gasteiger partial charge in [-0.15, -0.1) is 0 Å². The van der Waals surface area contributed by atoms with E-state index in [-0.39, 0.29) is 0 Å². The van der Waals surface area contributed by atoms with Gasteiger partial charge in [-0.3, -0.25) is 0 Å². The molecule has 2 rings (SSSR count). The number of anilines is 1. The van der Waals surface area contributed by atoms with Crippen LogP contribution >= 0.6 is 15.9 Å². The summed E-state index contributed by atoms with van der Waals surface area (Å²) in [6.07, 6.45) is -0.609. The Hall–Kier alpha value is -1.83. The summed E-state index contributed by atoms with van der Waals surface area (Å²) in [5.41, 5.74) is 3.50. The van der Waals surface area contributed by atoms with Crippen molar-refractivity contribution >= 4 is 21.6 Å². The van der Waals surface area contributed by atoms with Gasteiger partial charge in [-0.1, -0.05) is 28.1 Å². The molecule has 0 fully saturated rings. The number of hydrogen-bond donors (Lipinski definition) is 2. The molecule has 0 saturated heterocycles. The summed E-state index contributed by atoms with van der Waals surface area (Å²) in [7, 11) is 0. The predicted molar refractivity (Wildman–Crippen MR) is 83.5 cm³/mol. The average molecular weight is 331 g/mol. The van der Waals surface area contributed by atoms with Gasteiger partial charge in [0.2, 0.25) is 0 Å². The van der Waals surface area contributed by atoms with E-state index >= 15 is 0 Å². The largest absolute Gasteiger partial charge is 0.387 e. The Morgan fingerprint density at radius 1 is 1.25 bits per heavy atom. The van der Waals surface area contributed by atoms with E-state index < -0.39 is 6.10 Å². The van der Waals surface area contributed by atoms with Crippen LogP contribution in [0.25, 0.3) is 0 Å². The molecule has 0 radical (unpaired) electrons. The number of nitrogens with one attached hydrogen (secondary N) is 1. The topological polar surface area (TPSA) is 56.0 Å². The maximum absolute atomic E-state index is 10.1. The second-order valence-electron chi connectivity index (χ2n) is 4.65. The fourth-order valence-electron chi connectivity index (χ4n) is 1.95. The fourth-order valence-corrected chi connectivity index (χ4v) is 2.56. The Labute approximate surface area is 127 Å². The molecule has 2 aromatic rings. The molecule has 0 aromatic heterocycles. The van der Waals surface area contributed by atoms with Gasteiger partial charge in [0.25, 0.3) is 0 Å². The molecule has 3 nitrogen and oxygen atoms in total. The average Bonchev–Trinajstić information content (AvgIpc) is 2.44. The highest BCUT2D eigenvalue weighted by Crippen LogP contribution is 2.20. The van der Waals surface area contributed by atoms with Gasteiger partial charge < -0.3 is 10.4 Å². The van der Waals surface area contributed by atoms with Crippen molar-refractivity contribution in [1.82, 2.24) is 0 Å². The zero-order chi connectivity index (χ0) is 14.5. The number of hydrogen-bond acceptors (Lipinski definition) is 3. The summed E-state index contributed by atoms with van der Waals surface area (Å²) in [5, 5.41) is 22.1. The summed E-state index contributed by atoms with van der Waals surface area (Å²) < 4.78 is 1.01. The first-order valence-electron chi connectivity index (χ1n) is 6.27. The molecule has 0 bridgehead atoms. The number of benzene rings is 2. The van der Waals surface area contributed by atoms with E-state index in [1.807, 2.05) is 25.1 Å². The number of nitrogens with zero attached hydrogens (tertiary/aromatic N) is 1. The van der Waals surface area contributed by atoms with Crippen molar-refractivity contribution in [3.63, 3.8) is 0 Å². The molecule has 1 atom stereocenters. The molecule has 0 aliphatic rings. The van der Waals surface area contributed by atoms with E-state index in [9.17, 15) is 5.11 Å². The number of nitriles is 1. The first kappa shape index (κ1) is 14.6. The van der Waals surface area contributed by atoms with Crippen molar-refractivity contribution in [3.05, 3.63) is 63.6 Å². The Bertz CT molecular complexity index is 612. The number of halogens is 1. The quantitative estimate of drug-likeness (QED) is 0.897. The molecule has 0 heterocycles. The first-order chi connectivity index (χ1) is 9.58. The van der Waals surface area contributed by atoms with Gasteiger partial charge in [0.1, 0.15) is 0 Å². The maximum Gasteiger partial charge on any atom is 0.0991 e. The van der Waals surface area contributed by atoms with Crippen LogP contribution in [0.1, 0.15) is 22.8 Å². The second-order valence-corrected chi connectivity index (χ2v) is 5.56. The minimum Gasteiger partial charge on any atom is -0.387 e. The third-order valence-electron chi connectivity index (χ3n) is 2.97. The molecule has 2 N–H and O–H groups in total. The van der Waals surface area contributed by atoms with Crippen molar-refractivity contribution in [1.29, 1.82) is 5.26 Å². The van der Waals surface area contributed by atoms with E-state index in [0.717, 1.165) is 21.3 Å². The zero-order valence-corrected chi connectivity index (χ0v) is 12.7. The van der Waals surface area contributed by atoms with E-state index in [4.69, 9.17) is 5.26 Å². The van der Waals surface area contributed by atoms with Gasteiger partial charge in [0.05, 0.1) is 17.7 Å². The van der Waals surface area contributed by atoms with E-state index in [2.05, 4.69) is 27.3 Å². The molecule has 4 heteroatoms. The van der Waals surface area contributed by atoms with Crippen LogP contribution in [-0.2, 0) is 0 Å². The van der Waals surface area contributed by atoms with Gasteiger partial charge >= 0.3 is 0 Å². The summed E-state index contributed by atoms with van der Waals surface area (Å²) in [4.78, 5) is 0. The first-order valence-corrected chi connectivity index (χ1v) is 7.07. The second kappa shape index (κ2) is 6.56. The molecular weight excluding hydrogens is 316 g/mol. The molecule has 0 amide bonds. The van der Waals surface area contributed by atoms with Gasteiger partial charge in [-0.25, -0.2) is 0 Å². The third kappa shape index (κ3) is 3.83. The Kier molecular flexibility index (Phi) is 4.78. The number of aliphatic hydroxyl groups is 1. The Morgan fingerprint density at radius 3 is 2.55 bits per heavy atom. The van der Waals surface area contributed by atoms with Crippen molar-refractivity contribution in [3.8, 4) is 6.07 Å². The monoisotopic (exact) mass is 330 g/mol. The fraction of sp³-hybridized carbons (Fsp3) is 0.188. The van der Waals surface area contributed by atoms with Crippen molar-refractivity contribution < 1.29 is 5.11 Å². The van der Waals surface area contributed by atoms with Crippen LogP contribution in [-0.4, -0.2) is 11.7 Å². The highest BCUT2D eigenvalue weighted by atomic mass is 79.9. The van der Waals surface area contributed by atoms with Crippen LogP contribution in [0, 0.1) is 18.3 Å². The lowest BCUT2D eigenvalue weighted by molar-refractivity contribution is 0.191. The van der Waals surface area contributed by atoms with Crippen LogP contribution in [0.4, 0.5) is 5.69 Å². The van der Waals surface area contributed by atoms with Crippen molar-refractivity contribution in [2.24, 2.45) is 0 Å². The van der Waals surface area contributed by atoms with Crippen LogP contribution in [0.2, 0.25) is 0 Å². The van der Waals surface area contributed by atoms with E-state index in [0.29, 0.717) is 12.1 Å². The van der Waals surface area contributed by atoms with Gasteiger partial charge in [0, 0.05) is 16.7 Å². The molecule has 0 aliphatic carbocycles. The maximum atomic E-state index is 10.1. The van der Waals surface area contributed by atoms with Gasteiger partial charge in [-0.2, -0.15) is 5.26 Å². The SMILES string of the molecule is Cc1cc(Br)cc(NCC(O)c2ccc(C#N)cc2)c1. The highest BCUT2D eigenvalue weighted by Gasteiger charge is 2.07. The van der Waals surface area contributed by atoms with Crippen LogP contribution < -0.4 is 5.32 Å². The van der Waals surface area contributed by atoms with Crippen LogP contribution in [0.5, 0.6) is 0 Å². The summed E-state index contributed by atoms with van der Waals surface area (Å²) in [5.74, 6) is 0. The summed E-state index contributed by atoms with van der Waals surface area (Å²) in [6, 6.07) is 15.1. The van der Waals surface area contributed by atoms with Gasteiger partial charge in [0.15, 0.2) is 0 Å². The van der Waals surface area contributed by atoms with Crippen LogP contribution in [0.15, 0.2) is 46.9 Å². The minimum atomic E-state index is -0.609. The minimum absolute atomic E-state index is 0.418. The molecular formula is C16H15BrN2O. The van der Waals surface area contributed by atoms with Crippen molar-refractivity contribution in [2.45, 2.75) is 13.0 Å². The smallest absolute Gasteiger partial charge is 0.0991 e. The molecule has 20 heavy (non-hydrogen) atoms. The van der Waals surface area contributed by atoms with E-state index in [1.54, 1.807) is 24.3 Å². The normalized spacial score (nSPS) is 11.7. The predicted octanol–water partition coefficient (Wildman–Crippen LogP) is 3.77. The Balaban J connectivity index is 2.00. The number of aryl methyl sites for hydroxylation is 1. The molecule has 0 aliphatic heterocycles. The molecule has 0 saturated carbocycles. The molecule has 2 aromatic carbocycles. The Morgan fingerprint density at radius 2 is 1.95 bits per heavy atom. The summed E-state index contributed by atoms with van der Waals surface area (Å²) >= 11 is 3.45. The highest BCUT2D eigenvalue weighted by molar-refractivity contribution is 9.10. The summed E-state index contributed by atoms with van der Waals surface area (Å²) in [6.45, 7) is 2.44.